The molecule has 2 N–H and O–H groups in total. The van der Waals surface area contributed by atoms with Crippen molar-refractivity contribution in [3.8, 4) is 0 Å². The summed E-state index contributed by atoms with van der Waals surface area (Å²) in [6, 6.07) is 11.1. The van der Waals surface area contributed by atoms with E-state index in [2.05, 4.69) is 5.32 Å². The van der Waals surface area contributed by atoms with E-state index < -0.39 is 48.3 Å². The van der Waals surface area contributed by atoms with Crippen LogP contribution in [0.1, 0.15) is 23.7 Å². The molecule has 4 amide bonds. The van der Waals surface area contributed by atoms with Gasteiger partial charge in [0.15, 0.2) is 0 Å². The quantitative estimate of drug-likeness (QED) is 0.543. The Morgan fingerprint density at radius 3 is 2.28 bits per heavy atom. The van der Waals surface area contributed by atoms with Crippen LogP contribution in [0.4, 0.5) is 16.2 Å². The minimum Gasteiger partial charge on any atom is -0.481 e. The van der Waals surface area contributed by atoms with Gasteiger partial charge in [-0.1, -0.05) is 30.3 Å². The average Bonchev–Trinajstić information content (AvgIpc) is 2.98. The Kier molecular flexibility index (Phi) is 8.00. The van der Waals surface area contributed by atoms with E-state index in [0.29, 0.717) is 5.01 Å². The minimum absolute atomic E-state index is 0.0109. The summed E-state index contributed by atoms with van der Waals surface area (Å²) in [5.41, 5.74) is 0.389. The predicted octanol–water partition coefficient (Wildman–Crippen LogP) is 1.21. The van der Waals surface area contributed by atoms with E-state index in [1.165, 1.54) is 30.3 Å². The molecule has 0 aromatic heterocycles. The summed E-state index contributed by atoms with van der Waals surface area (Å²) in [4.78, 5) is 76.5. The number of aliphatic carboxylic acids is 1. The van der Waals surface area contributed by atoms with Crippen molar-refractivity contribution in [2.24, 2.45) is 0 Å². The number of nitrogens with one attached hydrogen (secondary N) is 1. The first-order chi connectivity index (χ1) is 17.2. The van der Waals surface area contributed by atoms with Gasteiger partial charge in [-0.3, -0.25) is 24.1 Å². The second-order valence-corrected chi connectivity index (χ2v) is 7.78. The Labute approximate surface area is 206 Å². The first kappa shape index (κ1) is 25.9. The summed E-state index contributed by atoms with van der Waals surface area (Å²) < 4.78 is 4.87. The molecule has 2 aromatic carbocycles. The molecule has 1 aliphatic rings. The second kappa shape index (κ2) is 11.1. The monoisotopic (exact) mass is 496 g/mol. The lowest BCUT2D eigenvalue weighted by molar-refractivity contribution is -0.145. The lowest BCUT2D eigenvalue weighted by atomic mass is 10.1. The average molecular weight is 496 g/mol. The highest BCUT2D eigenvalue weighted by Gasteiger charge is 2.43. The van der Waals surface area contributed by atoms with Gasteiger partial charge in [0.1, 0.15) is 18.4 Å². The van der Waals surface area contributed by atoms with E-state index in [0.717, 1.165) is 23.9 Å². The third kappa shape index (κ3) is 5.32. The zero-order chi connectivity index (χ0) is 26.4. The van der Waals surface area contributed by atoms with E-state index in [4.69, 9.17) is 4.74 Å². The van der Waals surface area contributed by atoms with Crippen molar-refractivity contribution >= 4 is 47.4 Å². The Morgan fingerprint density at radius 2 is 1.72 bits per heavy atom. The fourth-order valence-corrected chi connectivity index (χ4v) is 3.83. The van der Waals surface area contributed by atoms with Crippen LogP contribution in [-0.4, -0.2) is 71.9 Å². The van der Waals surface area contributed by atoms with Crippen LogP contribution in [0, 0.1) is 0 Å². The number of methoxy groups -OCH3 is 1. The molecule has 0 saturated heterocycles. The standard InChI is InChI=1S/C24H24N4O8/c1-15(30)27(17(14-29)12-21(31)32)28-20-11-7-6-10-19(20)26(24(35)36-2)13-18(23(28)34)25-22(33)16-8-4-3-5-9-16/h3-11,14,17-18H,12-13H2,1-2H3,(H,25,33)(H,31,32)/t17-,18-/m0/s1. The lowest BCUT2D eigenvalue weighted by Crippen LogP contribution is -2.61. The van der Waals surface area contributed by atoms with Gasteiger partial charge in [0.25, 0.3) is 11.8 Å². The first-order valence-corrected chi connectivity index (χ1v) is 10.8. The van der Waals surface area contributed by atoms with Crippen LogP contribution in [0.15, 0.2) is 54.6 Å². The molecule has 0 unspecified atom stereocenters. The number of benzene rings is 2. The van der Waals surface area contributed by atoms with Gasteiger partial charge >= 0.3 is 12.1 Å². The number of carbonyl (C=O) groups is 6. The van der Waals surface area contributed by atoms with Gasteiger partial charge in [-0.15, -0.1) is 0 Å². The highest BCUT2D eigenvalue weighted by Crippen LogP contribution is 2.35. The summed E-state index contributed by atoms with van der Waals surface area (Å²) in [7, 11) is 1.14. The van der Waals surface area contributed by atoms with E-state index in [1.807, 2.05) is 0 Å². The summed E-state index contributed by atoms with van der Waals surface area (Å²) >= 11 is 0. The SMILES string of the molecule is COC(=O)N1C[C@H](NC(=O)c2ccccc2)C(=O)N(N(C(C)=O)[C@H](C=O)CC(=O)O)c2ccccc21. The molecule has 0 spiro atoms. The number of rotatable bonds is 7. The summed E-state index contributed by atoms with van der Waals surface area (Å²) in [6.07, 6.45) is -1.38. The number of nitrogens with zero attached hydrogens (tertiary/aromatic N) is 3. The van der Waals surface area contributed by atoms with Crippen molar-refractivity contribution in [2.75, 3.05) is 23.6 Å². The molecular weight excluding hydrogens is 472 g/mol. The maximum absolute atomic E-state index is 13.9. The summed E-state index contributed by atoms with van der Waals surface area (Å²) in [6.45, 7) is 0.697. The number of carboxylic acid groups (broad SMARTS) is 1. The number of aldehydes is 1. The van der Waals surface area contributed by atoms with Crippen molar-refractivity contribution in [3.05, 3.63) is 60.2 Å². The summed E-state index contributed by atoms with van der Waals surface area (Å²) in [5, 5.41) is 13.4. The normalized spacial score (nSPS) is 15.7. The predicted molar refractivity (Wildman–Crippen MR) is 126 cm³/mol. The van der Waals surface area contributed by atoms with Gasteiger partial charge < -0.3 is 20.0 Å². The molecule has 0 bridgehead atoms. The van der Waals surface area contributed by atoms with Crippen LogP contribution < -0.4 is 15.2 Å². The molecule has 36 heavy (non-hydrogen) atoms. The maximum Gasteiger partial charge on any atom is 0.414 e. The zero-order valence-corrected chi connectivity index (χ0v) is 19.5. The molecule has 1 heterocycles. The van der Waals surface area contributed by atoms with Crippen molar-refractivity contribution in [1.29, 1.82) is 0 Å². The van der Waals surface area contributed by atoms with Crippen LogP contribution in [0.5, 0.6) is 0 Å². The van der Waals surface area contributed by atoms with Gasteiger partial charge in [-0.05, 0) is 24.3 Å². The highest BCUT2D eigenvalue weighted by atomic mass is 16.5. The van der Waals surface area contributed by atoms with Crippen LogP contribution in [0.3, 0.4) is 0 Å². The number of amides is 4. The molecule has 0 fully saturated rings. The van der Waals surface area contributed by atoms with E-state index in [-0.39, 0.29) is 29.8 Å². The van der Waals surface area contributed by atoms with Gasteiger partial charge in [0.2, 0.25) is 5.91 Å². The molecule has 0 aliphatic carbocycles. The number of para-hydroxylation sites is 2. The number of carboxylic acids is 1. The van der Waals surface area contributed by atoms with Gasteiger partial charge in [0, 0.05) is 12.5 Å². The number of fused-ring (bicyclic) bond motifs is 1. The number of anilines is 2. The topological polar surface area (TPSA) is 154 Å². The first-order valence-electron chi connectivity index (χ1n) is 10.8. The fraction of sp³-hybridized carbons (Fsp3) is 0.250. The molecule has 12 nitrogen and oxygen atoms in total. The molecule has 1 aliphatic heterocycles. The van der Waals surface area contributed by atoms with Gasteiger partial charge in [-0.25, -0.2) is 14.8 Å². The molecule has 0 radical (unpaired) electrons. The molecule has 12 heteroatoms. The molecule has 0 saturated carbocycles. The third-order valence-corrected chi connectivity index (χ3v) is 5.40. The van der Waals surface area contributed by atoms with Crippen LogP contribution in [0.2, 0.25) is 0 Å². The molecule has 188 valence electrons. The van der Waals surface area contributed by atoms with Crippen molar-refractivity contribution in [1.82, 2.24) is 10.3 Å². The van der Waals surface area contributed by atoms with Crippen molar-refractivity contribution in [2.45, 2.75) is 25.4 Å². The second-order valence-electron chi connectivity index (χ2n) is 7.78. The van der Waals surface area contributed by atoms with Crippen LogP contribution in [-0.2, 0) is 23.9 Å². The molecule has 2 aromatic rings. The molecule has 2 atom stereocenters. The Balaban J connectivity index is 2.17. The number of hydrogen-bond acceptors (Lipinski definition) is 7. The van der Waals surface area contributed by atoms with Crippen molar-refractivity contribution < 1.29 is 38.6 Å². The molecule has 3 rings (SSSR count). The minimum atomic E-state index is -1.55. The summed E-state index contributed by atoms with van der Waals surface area (Å²) in [5.74, 6) is -3.68. The van der Waals surface area contributed by atoms with E-state index in [9.17, 15) is 33.9 Å². The zero-order valence-electron chi connectivity index (χ0n) is 19.5. The Bertz CT molecular complexity index is 1190. The van der Waals surface area contributed by atoms with Gasteiger partial charge in [-0.2, -0.15) is 0 Å². The molecular formula is C24H24N4O8. The largest absolute Gasteiger partial charge is 0.481 e. The highest BCUT2D eigenvalue weighted by molar-refractivity contribution is 6.09. The number of carbonyl (C=O) groups excluding carboxylic acids is 5. The smallest absolute Gasteiger partial charge is 0.414 e. The van der Waals surface area contributed by atoms with Crippen molar-refractivity contribution in [3.63, 3.8) is 0 Å². The fourth-order valence-electron chi connectivity index (χ4n) is 3.83. The Hall–Kier alpha value is -4.74. The van der Waals surface area contributed by atoms with E-state index in [1.54, 1.807) is 24.3 Å². The Morgan fingerprint density at radius 1 is 1.11 bits per heavy atom. The number of ether oxygens (including phenoxy) is 1. The number of hydrogen-bond donors (Lipinski definition) is 2. The third-order valence-electron chi connectivity index (χ3n) is 5.40. The maximum atomic E-state index is 13.9. The van der Waals surface area contributed by atoms with Gasteiger partial charge in [0.05, 0.1) is 31.5 Å². The van der Waals surface area contributed by atoms with Crippen LogP contribution >= 0.6 is 0 Å². The lowest BCUT2D eigenvalue weighted by Gasteiger charge is -2.38. The van der Waals surface area contributed by atoms with Crippen LogP contribution in [0.25, 0.3) is 0 Å². The number of hydrazine groups is 1. The van der Waals surface area contributed by atoms with E-state index >= 15 is 0 Å².